The molecule has 30 heavy (non-hydrogen) atoms. The van der Waals surface area contributed by atoms with Crippen LogP contribution in [-0.2, 0) is 11.2 Å². The van der Waals surface area contributed by atoms with Crippen molar-refractivity contribution < 1.29 is 9.53 Å². The maximum Gasteiger partial charge on any atom is 0.251 e. The van der Waals surface area contributed by atoms with Crippen LogP contribution in [0.4, 0.5) is 5.69 Å². The van der Waals surface area contributed by atoms with Crippen molar-refractivity contribution in [3.8, 4) is 5.75 Å². The van der Waals surface area contributed by atoms with Gasteiger partial charge in [0.1, 0.15) is 19.6 Å². The minimum Gasteiger partial charge on any atom is -0.497 e. The monoisotopic (exact) mass is 414 g/mol. The van der Waals surface area contributed by atoms with Crippen molar-refractivity contribution in [2.24, 2.45) is 4.99 Å². The number of nitrogens with zero attached hydrogens (tertiary/aromatic N) is 2. The number of halogens is 1. The predicted molar refractivity (Wildman–Crippen MR) is 123 cm³/mol. The van der Waals surface area contributed by atoms with Gasteiger partial charge >= 0.3 is 0 Å². The summed E-state index contributed by atoms with van der Waals surface area (Å²) in [7, 11) is 9.33. The van der Waals surface area contributed by atoms with Gasteiger partial charge in [-0.05, 0) is 48.0 Å². The summed E-state index contributed by atoms with van der Waals surface area (Å²) in [5.41, 5.74) is 4.83. The van der Waals surface area contributed by atoms with Gasteiger partial charge in [-0.3, -0.25) is 9.79 Å². The van der Waals surface area contributed by atoms with Crippen LogP contribution in [0, 0.1) is 0 Å². The van der Waals surface area contributed by atoms with Crippen LogP contribution in [0.2, 0.25) is 5.02 Å². The summed E-state index contributed by atoms with van der Waals surface area (Å²) in [6.45, 7) is 0. The fourth-order valence-electron chi connectivity index (χ4n) is 3.67. The van der Waals surface area contributed by atoms with Gasteiger partial charge in [-0.1, -0.05) is 41.3 Å². The van der Waals surface area contributed by atoms with Crippen LogP contribution in [0.1, 0.15) is 16.7 Å². The highest BCUT2D eigenvalue weighted by Crippen LogP contribution is 2.31. The van der Waals surface area contributed by atoms with Crippen LogP contribution >= 0.6 is 11.6 Å². The number of hydrogen-bond acceptors (Lipinski definition) is 3. The van der Waals surface area contributed by atoms with Crippen molar-refractivity contribution in [2.45, 2.75) is 12.5 Å². The molecule has 1 aliphatic heterocycles. The number of aliphatic imine (C=N–C) groups is 1. The van der Waals surface area contributed by atoms with E-state index in [0.29, 0.717) is 16.9 Å². The van der Waals surface area contributed by atoms with Crippen LogP contribution in [0.3, 0.4) is 0 Å². The second kappa shape index (κ2) is 8.37. The molecular formula is C24H20BClN2O2. The number of anilines is 1. The summed E-state index contributed by atoms with van der Waals surface area (Å²) in [6.07, 6.45) is 0.454. The minimum atomic E-state index is -0.583. The van der Waals surface area contributed by atoms with Crippen LogP contribution < -0.4 is 15.1 Å². The number of fused-ring (bicyclic) bond motifs is 1. The van der Waals surface area contributed by atoms with E-state index < -0.39 is 6.04 Å². The Morgan fingerprint density at radius 2 is 1.87 bits per heavy atom. The SMILES string of the molecule is [B]c1cccc(CC2N=C(c3ccc(OC)cc3)c3cc(Cl)ccc3N(C)C2=O)c1. The van der Waals surface area contributed by atoms with Crippen LogP contribution in [0.15, 0.2) is 71.7 Å². The molecule has 0 saturated heterocycles. The van der Waals surface area contributed by atoms with Gasteiger partial charge in [0, 0.05) is 29.6 Å². The van der Waals surface area contributed by atoms with Crippen LogP contribution in [0.25, 0.3) is 0 Å². The summed E-state index contributed by atoms with van der Waals surface area (Å²) < 4.78 is 5.28. The third-order valence-electron chi connectivity index (χ3n) is 5.22. The Kier molecular flexibility index (Phi) is 5.64. The molecule has 0 fully saturated rings. The van der Waals surface area contributed by atoms with E-state index in [9.17, 15) is 4.79 Å². The largest absolute Gasteiger partial charge is 0.497 e. The second-order valence-electron chi connectivity index (χ2n) is 7.23. The van der Waals surface area contributed by atoms with Gasteiger partial charge in [-0.15, -0.1) is 0 Å². The molecule has 2 radical (unpaired) electrons. The highest BCUT2D eigenvalue weighted by molar-refractivity contribution is 6.32. The zero-order chi connectivity index (χ0) is 21.3. The normalized spacial score (nSPS) is 16.0. The molecule has 1 amide bonds. The molecule has 0 aliphatic carbocycles. The molecule has 4 rings (SSSR count). The van der Waals surface area contributed by atoms with E-state index in [-0.39, 0.29) is 5.91 Å². The molecule has 0 N–H and O–H groups in total. The third-order valence-corrected chi connectivity index (χ3v) is 5.45. The highest BCUT2D eigenvalue weighted by atomic mass is 35.5. The Labute approximate surface area is 182 Å². The molecule has 0 aromatic heterocycles. The lowest BCUT2D eigenvalue weighted by atomic mass is 9.92. The first-order valence-electron chi connectivity index (χ1n) is 9.60. The lowest BCUT2D eigenvalue weighted by Gasteiger charge is -2.20. The number of benzodiazepines with no additional fused rings is 1. The van der Waals surface area contributed by atoms with Crippen LogP contribution in [-0.4, -0.2) is 39.7 Å². The van der Waals surface area contributed by atoms with Crippen molar-refractivity contribution in [3.05, 3.63) is 88.4 Å². The number of methoxy groups -OCH3 is 1. The Bertz CT molecular complexity index is 1130. The van der Waals surface area contributed by atoms with E-state index in [1.165, 1.54) is 0 Å². The van der Waals surface area contributed by atoms with Crippen molar-refractivity contribution in [1.82, 2.24) is 0 Å². The van der Waals surface area contributed by atoms with Gasteiger partial charge in [-0.25, -0.2) is 0 Å². The van der Waals surface area contributed by atoms with E-state index in [4.69, 9.17) is 29.2 Å². The van der Waals surface area contributed by atoms with Gasteiger partial charge in [0.2, 0.25) is 0 Å². The molecule has 0 bridgehead atoms. The number of likely N-dealkylation sites (N-methyl/N-ethyl adjacent to an activating group) is 1. The molecule has 148 valence electrons. The summed E-state index contributed by atoms with van der Waals surface area (Å²) in [5, 5.41) is 0.588. The number of rotatable bonds is 4. The summed E-state index contributed by atoms with van der Waals surface area (Å²) in [6, 6.07) is 20.1. The van der Waals surface area contributed by atoms with Crippen molar-refractivity contribution >= 4 is 42.2 Å². The lowest BCUT2D eigenvalue weighted by Crippen LogP contribution is -2.36. The third kappa shape index (κ3) is 3.98. The average Bonchev–Trinajstić information content (AvgIpc) is 2.84. The van der Waals surface area contributed by atoms with Gasteiger partial charge < -0.3 is 9.64 Å². The molecule has 4 nitrogen and oxygen atoms in total. The zero-order valence-corrected chi connectivity index (χ0v) is 17.6. The predicted octanol–water partition coefficient (Wildman–Crippen LogP) is 3.57. The summed E-state index contributed by atoms with van der Waals surface area (Å²) in [4.78, 5) is 19.9. The van der Waals surface area contributed by atoms with Crippen LogP contribution in [0.5, 0.6) is 5.75 Å². The topological polar surface area (TPSA) is 41.9 Å². The number of ether oxygens (including phenoxy) is 1. The molecule has 1 heterocycles. The number of amides is 1. The van der Waals surface area contributed by atoms with E-state index >= 15 is 0 Å². The Balaban J connectivity index is 1.85. The molecule has 0 spiro atoms. The van der Waals surface area contributed by atoms with Crippen molar-refractivity contribution in [1.29, 1.82) is 0 Å². The first-order chi connectivity index (χ1) is 14.5. The quantitative estimate of drug-likeness (QED) is 0.613. The van der Waals surface area contributed by atoms with Gasteiger partial charge in [0.15, 0.2) is 0 Å². The number of carbonyl (C=O) groups excluding carboxylic acids is 1. The van der Waals surface area contributed by atoms with E-state index in [1.54, 1.807) is 25.1 Å². The van der Waals surface area contributed by atoms with E-state index in [2.05, 4.69) is 0 Å². The van der Waals surface area contributed by atoms with Gasteiger partial charge in [0.25, 0.3) is 5.91 Å². The molecule has 0 saturated carbocycles. The fraction of sp³-hybridized carbons (Fsp3) is 0.167. The number of hydrogen-bond donors (Lipinski definition) is 0. The molecule has 3 aromatic rings. The van der Waals surface area contributed by atoms with Gasteiger partial charge in [0.05, 0.1) is 18.5 Å². The van der Waals surface area contributed by atoms with Crippen molar-refractivity contribution in [3.63, 3.8) is 0 Å². The zero-order valence-electron chi connectivity index (χ0n) is 16.8. The summed E-state index contributed by atoms with van der Waals surface area (Å²) in [5.74, 6) is 0.674. The Morgan fingerprint density at radius 3 is 2.57 bits per heavy atom. The molecule has 6 heteroatoms. The number of carbonyl (C=O) groups is 1. The second-order valence-corrected chi connectivity index (χ2v) is 7.67. The average molecular weight is 415 g/mol. The molecule has 1 unspecified atom stereocenters. The maximum absolute atomic E-state index is 13.3. The highest BCUT2D eigenvalue weighted by Gasteiger charge is 2.30. The maximum atomic E-state index is 13.3. The summed E-state index contributed by atoms with van der Waals surface area (Å²) >= 11 is 6.31. The Morgan fingerprint density at radius 1 is 1.10 bits per heavy atom. The van der Waals surface area contributed by atoms with Crippen molar-refractivity contribution in [2.75, 3.05) is 19.1 Å². The smallest absolute Gasteiger partial charge is 0.251 e. The molecule has 1 atom stereocenters. The standard InChI is InChI=1S/C24H20BClN2O2/c1-28-22-11-8-18(26)14-20(22)23(16-6-9-19(30-2)10-7-16)27-21(24(28)29)13-15-4-3-5-17(25)12-15/h3-12,14,21H,13H2,1-2H3. The Hall–Kier alpha value is -3.05. The number of benzene rings is 3. The first-order valence-corrected chi connectivity index (χ1v) is 9.98. The molecule has 1 aliphatic rings. The lowest BCUT2D eigenvalue weighted by molar-refractivity contribution is -0.119. The molecule has 3 aromatic carbocycles. The fourth-order valence-corrected chi connectivity index (χ4v) is 3.84. The molecular weight excluding hydrogens is 395 g/mol. The first kappa shape index (κ1) is 20.2. The van der Waals surface area contributed by atoms with Gasteiger partial charge in [-0.2, -0.15) is 0 Å². The van der Waals surface area contributed by atoms with E-state index in [0.717, 1.165) is 33.8 Å². The van der Waals surface area contributed by atoms with E-state index in [1.807, 2.05) is 60.7 Å². The minimum absolute atomic E-state index is 0.0792.